The Morgan fingerprint density at radius 3 is 2.40 bits per heavy atom. The molecule has 0 aromatic heterocycles. The molecule has 2 bridgehead atoms. The largest absolute Gasteiger partial charge is 0.372 e. The van der Waals surface area contributed by atoms with E-state index in [4.69, 9.17) is 9.47 Å². The Morgan fingerprint density at radius 2 is 1.93 bits per heavy atom. The van der Waals surface area contributed by atoms with Gasteiger partial charge < -0.3 is 9.47 Å². The molecular formula is C13H24O2. The molecule has 88 valence electrons. The average Bonchev–Trinajstić information content (AvgIpc) is 2.53. The van der Waals surface area contributed by atoms with Gasteiger partial charge in [-0.25, -0.2) is 0 Å². The normalized spacial score (nSPS) is 44.6. The summed E-state index contributed by atoms with van der Waals surface area (Å²) in [5.74, 6) is 1.93. The van der Waals surface area contributed by atoms with Crippen LogP contribution in [0.2, 0.25) is 0 Å². The van der Waals surface area contributed by atoms with Gasteiger partial charge in [0.25, 0.3) is 0 Å². The molecule has 2 nitrogen and oxygen atoms in total. The number of hydrogen-bond acceptors (Lipinski definition) is 2. The first kappa shape index (κ1) is 11.4. The molecule has 0 saturated carbocycles. The third-order valence-corrected chi connectivity index (χ3v) is 3.84. The molecule has 0 aromatic carbocycles. The first-order chi connectivity index (χ1) is 6.96. The van der Waals surface area contributed by atoms with Crippen LogP contribution < -0.4 is 0 Å². The molecule has 2 heterocycles. The minimum Gasteiger partial charge on any atom is -0.372 e. The molecule has 2 heteroatoms. The fourth-order valence-electron chi connectivity index (χ4n) is 3.63. The van der Waals surface area contributed by atoms with Crippen molar-refractivity contribution in [2.45, 2.75) is 58.8 Å². The molecule has 2 aliphatic rings. The fourth-order valence-corrected chi connectivity index (χ4v) is 3.63. The van der Waals surface area contributed by atoms with Gasteiger partial charge in [0.2, 0.25) is 0 Å². The van der Waals surface area contributed by atoms with Crippen molar-refractivity contribution >= 4 is 0 Å². The molecule has 2 saturated heterocycles. The highest BCUT2D eigenvalue weighted by atomic mass is 16.6. The van der Waals surface area contributed by atoms with E-state index in [-0.39, 0.29) is 11.7 Å². The van der Waals surface area contributed by atoms with Crippen molar-refractivity contribution in [2.24, 2.45) is 17.8 Å². The second kappa shape index (κ2) is 3.74. The van der Waals surface area contributed by atoms with Gasteiger partial charge in [0.1, 0.15) is 0 Å². The van der Waals surface area contributed by atoms with E-state index in [2.05, 4.69) is 34.6 Å². The van der Waals surface area contributed by atoms with Crippen molar-refractivity contribution in [3.63, 3.8) is 0 Å². The van der Waals surface area contributed by atoms with Crippen molar-refractivity contribution in [3.8, 4) is 0 Å². The highest BCUT2D eigenvalue weighted by Gasteiger charge is 2.60. The summed E-state index contributed by atoms with van der Waals surface area (Å²) in [5.41, 5.74) is 0.0203. The Bertz CT molecular complexity index is 237. The maximum absolute atomic E-state index is 6.21. The van der Waals surface area contributed by atoms with E-state index in [0.29, 0.717) is 23.9 Å². The molecular weight excluding hydrogens is 188 g/mol. The van der Waals surface area contributed by atoms with Crippen LogP contribution >= 0.6 is 0 Å². The van der Waals surface area contributed by atoms with Crippen molar-refractivity contribution in [2.75, 3.05) is 6.61 Å². The van der Waals surface area contributed by atoms with Crippen LogP contribution in [0.25, 0.3) is 0 Å². The van der Waals surface area contributed by atoms with Crippen LogP contribution in [0.4, 0.5) is 0 Å². The van der Waals surface area contributed by atoms with Gasteiger partial charge in [-0.15, -0.1) is 0 Å². The number of ether oxygens (including phenoxy) is 2. The minimum absolute atomic E-state index is 0.0203. The fraction of sp³-hybridized carbons (Fsp3) is 1.00. The van der Waals surface area contributed by atoms with Crippen LogP contribution in [0.15, 0.2) is 0 Å². The second-order valence-electron chi connectivity index (χ2n) is 6.03. The van der Waals surface area contributed by atoms with Crippen LogP contribution in [0.1, 0.15) is 41.0 Å². The van der Waals surface area contributed by atoms with E-state index in [1.165, 1.54) is 0 Å². The molecule has 15 heavy (non-hydrogen) atoms. The lowest BCUT2D eigenvalue weighted by Gasteiger charge is -2.33. The van der Waals surface area contributed by atoms with Gasteiger partial charge in [0.15, 0.2) is 0 Å². The monoisotopic (exact) mass is 212 g/mol. The number of hydrogen-bond donors (Lipinski definition) is 0. The quantitative estimate of drug-likeness (QED) is 0.716. The summed E-state index contributed by atoms with van der Waals surface area (Å²) in [4.78, 5) is 0. The number of rotatable bonds is 3. The second-order valence-corrected chi connectivity index (χ2v) is 6.03. The Hall–Kier alpha value is -0.0800. The molecule has 4 atom stereocenters. The SMILES string of the molecule is CC(C)C[C@]12CO[C@@H](C1C(C)C)[C@H](C)O2. The third-order valence-electron chi connectivity index (χ3n) is 3.84. The average molecular weight is 212 g/mol. The first-order valence-corrected chi connectivity index (χ1v) is 6.25. The van der Waals surface area contributed by atoms with Gasteiger partial charge in [-0.2, -0.15) is 0 Å². The van der Waals surface area contributed by atoms with E-state index < -0.39 is 0 Å². The summed E-state index contributed by atoms with van der Waals surface area (Å²) >= 11 is 0. The zero-order valence-corrected chi connectivity index (χ0v) is 10.6. The molecule has 0 radical (unpaired) electrons. The van der Waals surface area contributed by atoms with Crippen LogP contribution in [0.3, 0.4) is 0 Å². The molecule has 0 N–H and O–H groups in total. The summed E-state index contributed by atoms with van der Waals surface area (Å²) in [7, 11) is 0. The standard InChI is InChI=1S/C13H24O2/c1-8(2)6-13-7-14-12(10(5)15-13)11(13)9(3)4/h8-12H,6-7H2,1-5H3/t10-,11?,12+,13-/m0/s1. The molecule has 2 rings (SSSR count). The molecule has 0 amide bonds. The molecule has 0 aromatic rings. The van der Waals surface area contributed by atoms with Gasteiger partial charge >= 0.3 is 0 Å². The zero-order chi connectivity index (χ0) is 11.2. The minimum atomic E-state index is 0.0203. The molecule has 2 aliphatic heterocycles. The van der Waals surface area contributed by atoms with Crippen molar-refractivity contribution < 1.29 is 9.47 Å². The smallest absolute Gasteiger partial charge is 0.0978 e. The lowest BCUT2D eigenvalue weighted by atomic mass is 9.76. The van der Waals surface area contributed by atoms with Crippen LogP contribution in [-0.2, 0) is 9.47 Å². The summed E-state index contributed by atoms with van der Waals surface area (Å²) in [6, 6.07) is 0. The maximum atomic E-state index is 6.21. The Labute approximate surface area is 93.3 Å². The predicted octanol–water partition coefficient (Wildman–Crippen LogP) is 2.86. The summed E-state index contributed by atoms with van der Waals surface area (Å²) in [6.07, 6.45) is 1.75. The van der Waals surface area contributed by atoms with E-state index in [0.717, 1.165) is 13.0 Å². The lowest BCUT2D eigenvalue weighted by Crippen LogP contribution is -2.40. The Morgan fingerprint density at radius 1 is 1.27 bits per heavy atom. The van der Waals surface area contributed by atoms with E-state index in [1.807, 2.05) is 0 Å². The highest BCUT2D eigenvalue weighted by molar-refractivity contribution is 5.07. The molecule has 2 fully saturated rings. The van der Waals surface area contributed by atoms with Gasteiger partial charge in [0.05, 0.1) is 24.4 Å². The first-order valence-electron chi connectivity index (χ1n) is 6.25. The van der Waals surface area contributed by atoms with Crippen LogP contribution in [-0.4, -0.2) is 24.4 Å². The molecule has 1 unspecified atom stereocenters. The maximum Gasteiger partial charge on any atom is 0.0978 e. The zero-order valence-electron chi connectivity index (χ0n) is 10.6. The van der Waals surface area contributed by atoms with E-state index >= 15 is 0 Å². The summed E-state index contributed by atoms with van der Waals surface area (Å²) in [6.45, 7) is 12.1. The van der Waals surface area contributed by atoms with Gasteiger partial charge in [-0.1, -0.05) is 27.7 Å². The van der Waals surface area contributed by atoms with Crippen molar-refractivity contribution in [3.05, 3.63) is 0 Å². The van der Waals surface area contributed by atoms with Crippen molar-refractivity contribution in [1.29, 1.82) is 0 Å². The lowest BCUT2D eigenvalue weighted by molar-refractivity contribution is -0.143. The molecule has 0 aliphatic carbocycles. The predicted molar refractivity (Wildman–Crippen MR) is 60.8 cm³/mol. The van der Waals surface area contributed by atoms with E-state index in [9.17, 15) is 0 Å². The Balaban J connectivity index is 2.21. The number of fused-ring (bicyclic) bond motifs is 2. The van der Waals surface area contributed by atoms with Gasteiger partial charge in [-0.3, -0.25) is 0 Å². The Kier molecular flexibility index (Phi) is 2.85. The molecule has 0 spiro atoms. The topological polar surface area (TPSA) is 18.5 Å². The third kappa shape index (κ3) is 1.72. The van der Waals surface area contributed by atoms with Crippen LogP contribution in [0.5, 0.6) is 0 Å². The van der Waals surface area contributed by atoms with Gasteiger partial charge in [0, 0.05) is 5.92 Å². The van der Waals surface area contributed by atoms with Crippen molar-refractivity contribution in [1.82, 2.24) is 0 Å². The van der Waals surface area contributed by atoms with Gasteiger partial charge in [-0.05, 0) is 25.2 Å². The summed E-state index contributed by atoms with van der Waals surface area (Å²) < 4.78 is 12.1. The highest BCUT2D eigenvalue weighted by Crippen LogP contribution is 2.50. The van der Waals surface area contributed by atoms with Crippen LogP contribution in [0, 0.1) is 17.8 Å². The van der Waals surface area contributed by atoms with E-state index in [1.54, 1.807) is 0 Å². The summed E-state index contributed by atoms with van der Waals surface area (Å²) in [5, 5.41) is 0.